The van der Waals surface area contributed by atoms with Crippen LogP contribution in [-0.2, 0) is 17.6 Å². The van der Waals surface area contributed by atoms with Crippen LogP contribution < -0.4 is 11.1 Å². The number of urea groups is 1. The average Bonchev–Trinajstić information content (AvgIpc) is 2.83. The number of anilines is 1. The smallest absolute Gasteiger partial charge is 0.325 e. The van der Waals surface area contributed by atoms with E-state index in [1.54, 1.807) is 4.90 Å². The van der Waals surface area contributed by atoms with Gasteiger partial charge in [0.25, 0.3) is 5.91 Å². The van der Waals surface area contributed by atoms with Crippen LogP contribution in [0.3, 0.4) is 0 Å². The second kappa shape index (κ2) is 4.23. The average molecular weight is 273 g/mol. The summed E-state index contributed by atoms with van der Waals surface area (Å²) in [6, 6.07) is 5.44. The summed E-state index contributed by atoms with van der Waals surface area (Å²) < 4.78 is 0. The Morgan fingerprint density at radius 2 is 2.00 bits per heavy atom. The Balaban J connectivity index is 1.99. The minimum Gasteiger partial charge on any atom is -0.399 e. The van der Waals surface area contributed by atoms with Crippen LogP contribution in [0.4, 0.5) is 10.5 Å². The summed E-state index contributed by atoms with van der Waals surface area (Å²) in [6.07, 6.45) is 1.13. The van der Waals surface area contributed by atoms with Crippen LogP contribution in [0.5, 0.6) is 0 Å². The number of imide groups is 1. The van der Waals surface area contributed by atoms with Crippen molar-refractivity contribution in [2.45, 2.75) is 32.2 Å². The van der Waals surface area contributed by atoms with E-state index in [1.807, 2.05) is 32.0 Å². The normalized spacial score (nSPS) is 24.6. The van der Waals surface area contributed by atoms with E-state index in [-0.39, 0.29) is 11.9 Å². The van der Waals surface area contributed by atoms with Gasteiger partial charge in [0, 0.05) is 25.1 Å². The molecule has 0 saturated carbocycles. The van der Waals surface area contributed by atoms with E-state index >= 15 is 0 Å². The molecule has 1 aromatic rings. The molecule has 2 aliphatic rings. The van der Waals surface area contributed by atoms with Gasteiger partial charge in [0.2, 0.25) is 0 Å². The topological polar surface area (TPSA) is 75.4 Å². The van der Waals surface area contributed by atoms with Crippen molar-refractivity contribution < 1.29 is 9.59 Å². The Hall–Kier alpha value is -2.04. The van der Waals surface area contributed by atoms with Gasteiger partial charge in [-0.3, -0.25) is 10.1 Å². The Morgan fingerprint density at radius 1 is 1.30 bits per heavy atom. The maximum atomic E-state index is 12.3. The number of hydrogen-bond donors (Lipinski definition) is 2. The number of hydrogen-bond acceptors (Lipinski definition) is 3. The second-order valence-corrected chi connectivity index (χ2v) is 6.18. The molecular formula is C15H19N3O2. The number of rotatable bonds is 2. The van der Waals surface area contributed by atoms with Crippen molar-refractivity contribution in [1.29, 1.82) is 0 Å². The first-order chi connectivity index (χ1) is 9.42. The Morgan fingerprint density at radius 3 is 2.70 bits per heavy atom. The zero-order valence-electron chi connectivity index (χ0n) is 11.8. The van der Waals surface area contributed by atoms with Gasteiger partial charge in [-0.05, 0) is 29.2 Å². The molecule has 3 amide bonds. The Bertz CT molecular complexity index is 597. The van der Waals surface area contributed by atoms with E-state index in [9.17, 15) is 9.59 Å². The molecule has 1 aliphatic carbocycles. The number of benzene rings is 1. The third kappa shape index (κ3) is 1.77. The number of amides is 3. The van der Waals surface area contributed by atoms with Gasteiger partial charge in [0.15, 0.2) is 0 Å². The molecule has 20 heavy (non-hydrogen) atoms. The van der Waals surface area contributed by atoms with Crippen molar-refractivity contribution in [3.8, 4) is 0 Å². The molecular weight excluding hydrogens is 254 g/mol. The van der Waals surface area contributed by atoms with Crippen LogP contribution in [0, 0.1) is 5.92 Å². The third-order valence-electron chi connectivity index (χ3n) is 4.15. The lowest BCUT2D eigenvalue weighted by molar-refractivity contribution is -0.126. The van der Waals surface area contributed by atoms with Crippen LogP contribution in [-0.4, -0.2) is 28.9 Å². The van der Waals surface area contributed by atoms with Gasteiger partial charge in [-0.1, -0.05) is 19.9 Å². The fourth-order valence-electron chi connectivity index (χ4n) is 3.25. The van der Waals surface area contributed by atoms with Crippen molar-refractivity contribution >= 4 is 17.6 Å². The number of carbonyl (C=O) groups is 2. The third-order valence-corrected chi connectivity index (χ3v) is 4.15. The number of nitrogens with zero attached hydrogens (tertiary/aromatic N) is 1. The summed E-state index contributed by atoms with van der Waals surface area (Å²) in [7, 11) is 0. The lowest BCUT2D eigenvalue weighted by Crippen LogP contribution is -2.51. The van der Waals surface area contributed by atoms with Crippen molar-refractivity contribution in [3.63, 3.8) is 0 Å². The van der Waals surface area contributed by atoms with Gasteiger partial charge < -0.3 is 10.6 Å². The van der Waals surface area contributed by atoms with Crippen molar-refractivity contribution in [1.82, 2.24) is 10.2 Å². The maximum absolute atomic E-state index is 12.3. The lowest BCUT2D eigenvalue weighted by atomic mass is 9.93. The van der Waals surface area contributed by atoms with Gasteiger partial charge in [0.1, 0.15) is 5.54 Å². The van der Waals surface area contributed by atoms with E-state index in [2.05, 4.69) is 5.32 Å². The lowest BCUT2D eigenvalue weighted by Gasteiger charge is -2.32. The Labute approximate surface area is 118 Å². The molecule has 3 rings (SSSR count). The second-order valence-electron chi connectivity index (χ2n) is 6.18. The summed E-state index contributed by atoms with van der Waals surface area (Å²) in [4.78, 5) is 26.1. The highest BCUT2D eigenvalue weighted by atomic mass is 16.2. The molecule has 1 unspecified atom stereocenters. The number of nitrogens with one attached hydrogen (secondary N) is 1. The molecule has 1 aromatic carbocycles. The Kier molecular flexibility index (Phi) is 2.74. The summed E-state index contributed by atoms with van der Waals surface area (Å²) in [5.74, 6) is 0.134. The molecule has 1 aliphatic heterocycles. The molecule has 0 radical (unpaired) electrons. The van der Waals surface area contributed by atoms with E-state index in [0.717, 1.165) is 11.1 Å². The standard InChI is InChI=1S/C15H19N3O2/c1-9(2)8-18-14(20)17-13(19)15(18)6-10-3-4-12(16)5-11(10)7-15/h3-5,9H,6-8,16H2,1-2H3,(H,17,19,20). The summed E-state index contributed by atoms with van der Waals surface area (Å²) in [5.41, 5.74) is 7.94. The van der Waals surface area contributed by atoms with E-state index < -0.39 is 5.54 Å². The molecule has 1 fully saturated rings. The van der Waals surface area contributed by atoms with Gasteiger partial charge in [-0.2, -0.15) is 0 Å². The first-order valence-electron chi connectivity index (χ1n) is 6.93. The molecule has 1 atom stereocenters. The van der Waals surface area contributed by atoms with Gasteiger partial charge in [-0.15, -0.1) is 0 Å². The van der Waals surface area contributed by atoms with Crippen molar-refractivity contribution in [2.24, 2.45) is 5.92 Å². The number of nitrogens with two attached hydrogens (primary N) is 1. The molecule has 5 nitrogen and oxygen atoms in total. The van der Waals surface area contributed by atoms with E-state index in [0.29, 0.717) is 31.0 Å². The fourth-order valence-corrected chi connectivity index (χ4v) is 3.25. The highest BCUT2D eigenvalue weighted by Gasteiger charge is 2.55. The number of fused-ring (bicyclic) bond motifs is 1. The molecule has 106 valence electrons. The van der Waals surface area contributed by atoms with Gasteiger partial charge >= 0.3 is 6.03 Å². The SMILES string of the molecule is CC(C)CN1C(=O)NC(=O)C12Cc1ccc(N)cc1C2. The van der Waals surface area contributed by atoms with Crippen LogP contribution in [0.25, 0.3) is 0 Å². The largest absolute Gasteiger partial charge is 0.399 e. The van der Waals surface area contributed by atoms with Crippen LogP contribution >= 0.6 is 0 Å². The highest BCUT2D eigenvalue weighted by Crippen LogP contribution is 2.38. The number of nitrogen functional groups attached to an aromatic ring is 1. The molecule has 3 N–H and O–H groups in total. The molecule has 0 aromatic heterocycles. The molecule has 5 heteroatoms. The minimum atomic E-state index is -0.752. The first kappa shape index (κ1) is 13.0. The zero-order valence-corrected chi connectivity index (χ0v) is 11.8. The highest BCUT2D eigenvalue weighted by molar-refractivity contribution is 6.07. The van der Waals surface area contributed by atoms with Crippen LogP contribution in [0.1, 0.15) is 25.0 Å². The van der Waals surface area contributed by atoms with Gasteiger partial charge in [-0.25, -0.2) is 4.79 Å². The maximum Gasteiger partial charge on any atom is 0.325 e. The first-order valence-corrected chi connectivity index (χ1v) is 6.93. The minimum absolute atomic E-state index is 0.182. The quantitative estimate of drug-likeness (QED) is 0.630. The molecule has 1 saturated heterocycles. The summed E-state index contributed by atoms with van der Waals surface area (Å²) >= 11 is 0. The van der Waals surface area contributed by atoms with Gasteiger partial charge in [0.05, 0.1) is 0 Å². The fraction of sp³-hybridized carbons (Fsp3) is 0.467. The predicted octanol–water partition coefficient (Wildman–Crippen LogP) is 1.31. The van der Waals surface area contributed by atoms with Crippen LogP contribution in [0.2, 0.25) is 0 Å². The molecule has 0 bridgehead atoms. The van der Waals surface area contributed by atoms with Crippen molar-refractivity contribution in [3.05, 3.63) is 29.3 Å². The molecule has 1 spiro atoms. The summed E-state index contributed by atoms with van der Waals surface area (Å²) in [6.45, 7) is 4.68. The zero-order chi connectivity index (χ0) is 14.5. The molecule has 1 heterocycles. The predicted molar refractivity (Wildman–Crippen MR) is 76.1 cm³/mol. The summed E-state index contributed by atoms with van der Waals surface area (Å²) in [5, 5.41) is 2.47. The monoisotopic (exact) mass is 273 g/mol. The van der Waals surface area contributed by atoms with Crippen molar-refractivity contribution in [2.75, 3.05) is 12.3 Å². The van der Waals surface area contributed by atoms with E-state index in [1.165, 1.54) is 0 Å². The van der Waals surface area contributed by atoms with Crippen LogP contribution in [0.15, 0.2) is 18.2 Å². The number of carbonyl (C=O) groups excluding carboxylic acids is 2. The van der Waals surface area contributed by atoms with E-state index in [4.69, 9.17) is 5.73 Å².